The van der Waals surface area contributed by atoms with Gasteiger partial charge in [0.2, 0.25) is 10.0 Å². The van der Waals surface area contributed by atoms with E-state index in [0.717, 1.165) is 11.1 Å². The third-order valence-electron chi connectivity index (χ3n) is 5.84. The summed E-state index contributed by atoms with van der Waals surface area (Å²) in [6, 6.07) is 14.4. The molecule has 6 nitrogen and oxygen atoms in total. The number of sulfonamides is 1. The normalized spacial score (nSPS) is 15.2. The minimum atomic E-state index is -3.62. The highest BCUT2D eigenvalue weighted by molar-refractivity contribution is 7.89. The molecule has 2 aromatic carbocycles. The van der Waals surface area contributed by atoms with Crippen LogP contribution >= 0.6 is 11.6 Å². The Balaban J connectivity index is 2.12. The van der Waals surface area contributed by atoms with Crippen LogP contribution in [-0.4, -0.2) is 68.7 Å². The second-order valence-corrected chi connectivity index (χ2v) is 10.9. The number of nitrogens with zero attached hydrogens (tertiary/aromatic N) is 2. The maximum atomic E-state index is 13.0. The Bertz CT molecular complexity index is 953. The molecule has 0 aliphatic rings. The number of methoxy groups -OCH3 is 1. The van der Waals surface area contributed by atoms with Gasteiger partial charge >= 0.3 is 0 Å². The Hall–Kier alpha value is -1.48. The molecule has 0 bridgehead atoms. The van der Waals surface area contributed by atoms with Crippen LogP contribution in [0, 0.1) is 12.8 Å². The van der Waals surface area contributed by atoms with Crippen molar-refractivity contribution in [2.75, 3.05) is 33.9 Å². The molecule has 8 heteroatoms. The van der Waals surface area contributed by atoms with E-state index in [4.69, 9.17) is 16.3 Å². The summed E-state index contributed by atoms with van der Waals surface area (Å²) in [6.07, 6.45) is -0.320. The van der Waals surface area contributed by atoms with Crippen molar-refractivity contribution in [2.45, 2.75) is 44.4 Å². The maximum absolute atomic E-state index is 13.0. The van der Waals surface area contributed by atoms with Crippen LogP contribution in [0.4, 0.5) is 0 Å². The summed E-state index contributed by atoms with van der Waals surface area (Å²) in [5.41, 5.74) is 1.99. The molecular formula is C24H35ClN2O4S. The molecule has 0 aromatic heterocycles. The van der Waals surface area contributed by atoms with Gasteiger partial charge in [-0.3, -0.25) is 4.90 Å². The number of aliphatic hydroxyl groups excluding tert-OH is 1. The molecule has 0 aliphatic carbocycles. The van der Waals surface area contributed by atoms with E-state index in [1.165, 1.54) is 4.31 Å². The molecule has 178 valence electrons. The Kier molecular flexibility index (Phi) is 10.1. The second kappa shape index (κ2) is 12.1. The van der Waals surface area contributed by atoms with Crippen molar-refractivity contribution in [1.82, 2.24) is 9.21 Å². The van der Waals surface area contributed by atoms with E-state index in [1.807, 2.05) is 45.0 Å². The molecule has 32 heavy (non-hydrogen) atoms. The fraction of sp³-hybridized carbons (Fsp3) is 0.500. The fourth-order valence-corrected chi connectivity index (χ4v) is 4.96. The predicted molar refractivity (Wildman–Crippen MR) is 129 cm³/mol. The van der Waals surface area contributed by atoms with Crippen LogP contribution in [-0.2, 0) is 21.3 Å². The van der Waals surface area contributed by atoms with E-state index in [9.17, 15) is 13.5 Å². The molecule has 2 rings (SSSR count). The largest absolute Gasteiger partial charge is 0.395 e. The molecule has 0 radical (unpaired) electrons. The minimum Gasteiger partial charge on any atom is -0.395 e. The fourth-order valence-electron chi connectivity index (χ4n) is 3.58. The van der Waals surface area contributed by atoms with Crippen LogP contribution in [0.2, 0.25) is 5.02 Å². The lowest BCUT2D eigenvalue weighted by molar-refractivity contribution is 0.0194. The molecule has 0 aliphatic heterocycles. The van der Waals surface area contributed by atoms with Crippen molar-refractivity contribution < 1.29 is 18.3 Å². The standard InChI is InChI=1S/C24H35ClN2O4S/c1-18-10-12-22(13-11-18)32(29,30)26(4)16-24(31-5)19(2)14-27(20(3)17-28)15-21-8-6-7-9-23(21)25/h6-13,19-20,24,28H,14-17H2,1-5H3/t19-,20-,24-/m0/s1. The average molecular weight is 483 g/mol. The van der Waals surface area contributed by atoms with Crippen LogP contribution < -0.4 is 0 Å². The van der Waals surface area contributed by atoms with Gasteiger partial charge in [0.15, 0.2) is 0 Å². The SMILES string of the molecule is CO[C@@H](CN(C)S(=O)(=O)c1ccc(C)cc1)[C@@H](C)CN(Cc1ccccc1Cl)[C@@H](C)CO. The van der Waals surface area contributed by atoms with E-state index in [0.29, 0.717) is 18.1 Å². The molecular weight excluding hydrogens is 448 g/mol. The van der Waals surface area contributed by atoms with E-state index in [1.54, 1.807) is 38.4 Å². The Morgan fingerprint density at radius 1 is 1.06 bits per heavy atom. The third-order valence-corrected chi connectivity index (χ3v) is 8.05. The highest BCUT2D eigenvalue weighted by atomic mass is 35.5. The number of benzene rings is 2. The Labute approximate surface area is 197 Å². The number of halogens is 1. The van der Waals surface area contributed by atoms with Crippen LogP contribution in [0.3, 0.4) is 0 Å². The summed E-state index contributed by atoms with van der Waals surface area (Å²) in [5, 5.41) is 10.4. The first-order chi connectivity index (χ1) is 15.1. The number of ether oxygens (including phenoxy) is 1. The van der Waals surface area contributed by atoms with Gasteiger partial charge in [-0.15, -0.1) is 0 Å². The molecule has 0 saturated carbocycles. The monoisotopic (exact) mass is 482 g/mol. The van der Waals surface area contributed by atoms with Gasteiger partial charge in [-0.2, -0.15) is 4.31 Å². The number of likely N-dealkylation sites (N-methyl/N-ethyl adjacent to an activating group) is 1. The second-order valence-electron chi connectivity index (χ2n) is 8.40. The summed E-state index contributed by atoms with van der Waals surface area (Å²) in [5.74, 6) is 0.00663. The van der Waals surface area contributed by atoms with Gasteiger partial charge in [0.25, 0.3) is 0 Å². The molecule has 0 spiro atoms. The summed E-state index contributed by atoms with van der Waals surface area (Å²) >= 11 is 6.34. The molecule has 3 atom stereocenters. The van der Waals surface area contributed by atoms with E-state index >= 15 is 0 Å². The minimum absolute atomic E-state index is 0.00663. The molecule has 2 aromatic rings. The highest BCUT2D eigenvalue weighted by Gasteiger charge is 2.28. The Morgan fingerprint density at radius 2 is 1.69 bits per heavy atom. The van der Waals surface area contributed by atoms with Gasteiger partial charge in [0, 0.05) is 44.9 Å². The summed E-state index contributed by atoms with van der Waals surface area (Å²) in [7, 11) is -0.442. The van der Waals surface area contributed by atoms with Gasteiger partial charge in [0.1, 0.15) is 0 Å². The predicted octanol–water partition coefficient (Wildman–Crippen LogP) is 3.80. The lowest BCUT2D eigenvalue weighted by Gasteiger charge is -2.34. The lowest BCUT2D eigenvalue weighted by atomic mass is 10.0. The average Bonchev–Trinajstić information content (AvgIpc) is 2.77. The van der Waals surface area contributed by atoms with Gasteiger partial charge in [-0.1, -0.05) is 54.4 Å². The zero-order valence-corrected chi connectivity index (χ0v) is 21.1. The van der Waals surface area contributed by atoms with Crippen molar-refractivity contribution in [1.29, 1.82) is 0 Å². The first-order valence-electron chi connectivity index (χ1n) is 10.7. The van der Waals surface area contributed by atoms with Crippen LogP contribution in [0.1, 0.15) is 25.0 Å². The number of rotatable bonds is 12. The topological polar surface area (TPSA) is 70.1 Å². The molecule has 0 amide bonds. The van der Waals surface area contributed by atoms with Gasteiger partial charge < -0.3 is 9.84 Å². The Morgan fingerprint density at radius 3 is 2.25 bits per heavy atom. The van der Waals surface area contributed by atoms with E-state index in [-0.39, 0.29) is 36.1 Å². The van der Waals surface area contributed by atoms with Crippen LogP contribution in [0.15, 0.2) is 53.4 Å². The first kappa shape index (κ1) is 26.8. The van der Waals surface area contributed by atoms with Crippen molar-refractivity contribution in [3.05, 3.63) is 64.7 Å². The zero-order chi connectivity index (χ0) is 23.9. The quantitative estimate of drug-likeness (QED) is 0.498. The van der Waals surface area contributed by atoms with Crippen molar-refractivity contribution >= 4 is 21.6 Å². The number of hydrogen-bond acceptors (Lipinski definition) is 5. The maximum Gasteiger partial charge on any atom is 0.242 e. The van der Waals surface area contributed by atoms with E-state index < -0.39 is 10.0 Å². The molecule has 0 unspecified atom stereocenters. The van der Waals surface area contributed by atoms with Crippen molar-refractivity contribution in [2.24, 2.45) is 5.92 Å². The van der Waals surface area contributed by atoms with E-state index in [2.05, 4.69) is 4.90 Å². The van der Waals surface area contributed by atoms with Gasteiger partial charge in [-0.05, 0) is 43.5 Å². The van der Waals surface area contributed by atoms with Crippen molar-refractivity contribution in [3.63, 3.8) is 0 Å². The molecule has 1 N–H and O–H groups in total. The molecule has 0 saturated heterocycles. The number of hydrogen-bond donors (Lipinski definition) is 1. The molecule has 0 heterocycles. The lowest BCUT2D eigenvalue weighted by Crippen LogP contribution is -2.44. The highest BCUT2D eigenvalue weighted by Crippen LogP contribution is 2.22. The van der Waals surface area contributed by atoms with Crippen molar-refractivity contribution in [3.8, 4) is 0 Å². The smallest absolute Gasteiger partial charge is 0.242 e. The van der Waals surface area contributed by atoms with Gasteiger partial charge in [-0.25, -0.2) is 8.42 Å². The number of aryl methyl sites for hydroxylation is 1. The van der Waals surface area contributed by atoms with Crippen LogP contribution in [0.5, 0.6) is 0 Å². The van der Waals surface area contributed by atoms with Gasteiger partial charge in [0.05, 0.1) is 17.6 Å². The summed E-state index contributed by atoms with van der Waals surface area (Å²) in [4.78, 5) is 2.41. The third kappa shape index (κ3) is 7.01. The summed E-state index contributed by atoms with van der Waals surface area (Å²) < 4.78 is 33.0. The summed E-state index contributed by atoms with van der Waals surface area (Å²) in [6.45, 7) is 7.34. The van der Waals surface area contributed by atoms with Crippen LogP contribution in [0.25, 0.3) is 0 Å². The molecule has 0 fully saturated rings. The first-order valence-corrected chi connectivity index (χ1v) is 12.6. The number of aliphatic hydroxyl groups is 1. The zero-order valence-electron chi connectivity index (χ0n) is 19.5.